The van der Waals surface area contributed by atoms with Crippen LogP contribution in [0.3, 0.4) is 0 Å². The van der Waals surface area contributed by atoms with Crippen LogP contribution in [0, 0.1) is 5.41 Å². The van der Waals surface area contributed by atoms with Crippen molar-refractivity contribution >= 4 is 5.71 Å². The van der Waals surface area contributed by atoms with E-state index in [4.69, 9.17) is 10.1 Å². The molecule has 27 heavy (non-hydrogen) atoms. The summed E-state index contributed by atoms with van der Waals surface area (Å²) < 4.78 is 7.44. The zero-order valence-electron chi connectivity index (χ0n) is 15.7. The van der Waals surface area contributed by atoms with Crippen molar-refractivity contribution < 1.29 is 4.74 Å². The molecular formula is C21H25N5O. The van der Waals surface area contributed by atoms with E-state index in [0.717, 1.165) is 5.56 Å². The van der Waals surface area contributed by atoms with Crippen LogP contribution >= 0.6 is 0 Å². The zero-order chi connectivity index (χ0) is 19.1. The second kappa shape index (κ2) is 8.70. The van der Waals surface area contributed by atoms with Gasteiger partial charge in [0.2, 0.25) is 0 Å². The van der Waals surface area contributed by atoms with Crippen molar-refractivity contribution in [3.05, 3.63) is 83.7 Å². The lowest BCUT2D eigenvalue weighted by Gasteiger charge is -2.26. The standard InChI is InChI=1S/C21H25N5O/c1-21(27-2,19(22)14-23-13-17-9-5-3-6-10-17)20-16-26(25-24-20)15-18-11-7-4-8-12-18/h3-12,16,22-23H,13-15H2,1-2H3. The molecule has 3 rings (SSSR count). The van der Waals surface area contributed by atoms with Crippen LogP contribution in [0.5, 0.6) is 0 Å². The van der Waals surface area contributed by atoms with Gasteiger partial charge in [-0.05, 0) is 18.1 Å². The van der Waals surface area contributed by atoms with Crippen molar-refractivity contribution in [3.63, 3.8) is 0 Å². The molecule has 2 N–H and O–H groups in total. The third-order valence-electron chi connectivity index (χ3n) is 4.67. The van der Waals surface area contributed by atoms with Gasteiger partial charge < -0.3 is 15.5 Å². The highest BCUT2D eigenvalue weighted by molar-refractivity contribution is 5.91. The first-order valence-electron chi connectivity index (χ1n) is 8.94. The molecule has 2 aromatic carbocycles. The predicted octanol–water partition coefficient (Wildman–Crippen LogP) is 3.00. The minimum absolute atomic E-state index is 0.408. The summed E-state index contributed by atoms with van der Waals surface area (Å²) in [5.74, 6) is 0. The van der Waals surface area contributed by atoms with Crippen LogP contribution in [0.2, 0.25) is 0 Å². The van der Waals surface area contributed by atoms with Gasteiger partial charge in [0, 0.05) is 20.2 Å². The Balaban J connectivity index is 1.64. The molecule has 1 aromatic heterocycles. The molecule has 1 heterocycles. The van der Waals surface area contributed by atoms with Crippen molar-refractivity contribution in [3.8, 4) is 0 Å². The predicted molar refractivity (Wildman–Crippen MR) is 106 cm³/mol. The van der Waals surface area contributed by atoms with Crippen molar-refractivity contribution in [2.75, 3.05) is 13.7 Å². The summed E-state index contributed by atoms with van der Waals surface area (Å²) >= 11 is 0. The smallest absolute Gasteiger partial charge is 0.149 e. The number of benzene rings is 2. The number of methoxy groups -OCH3 is 1. The molecule has 0 aliphatic rings. The maximum Gasteiger partial charge on any atom is 0.149 e. The fourth-order valence-electron chi connectivity index (χ4n) is 2.84. The number of rotatable bonds is 9. The molecular weight excluding hydrogens is 338 g/mol. The molecule has 140 valence electrons. The lowest BCUT2D eigenvalue weighted by Crippen LogP contribution is -2.40. The number of aromatic nitrogens is 3. The largest absolute Gasteiger partial charge is 0.366 e. The Kier molecular flexibility index (Phi) is 6.11. The van der Waals surface area contributed by atoms with Crippen molar-refractivity contribution in [1.82, 2.24) is 20.3 Å². The SMILES string of the molecule is COC(C)(C(=N)CNCc1ccccc1)c1cn(Cc2ccccc2)nn1. The van der Waals surface area contributed by atoms with Gasteiger partial charge in [-0.2, -0.15) is 0 Å². The average Bonchev–Trinajstić information content (AvgIpc) is 3.18. The van der Waals surface area contributed by atoms with E-state index in [1.165, 1.54) is 5.56 Å². The van der Waals surface area contributed by atoms with Crippen molar-refractivity contribution in [1.29, 1.82) is 5.41 Å². The van der Waals surface area contributed by atoms with Crippen LogP contribution in [0.25, 0.3) is 0 Å². The molecule has 0 saturated carbocycles. The van der Waals surface area contributed by atoms with Gasteiger partial charge in [0.15, 0.2) is 0 Å². The minimum atomic E-state index is -0.918. The van der Waals surface area contributed by atoms with E-state index >= 15 is 0 Å². The maximum atomic E-state index is 8.51. The Labute approximate surface area is 159 Å². The number of nitrogens with one attached hydrogen (secondary N) is 2. The summed E-state index contributed by atoms with van der Waals surface area (Å²) in [4.78, 5) is 0. The Hall–Kier alpha value is -2.83. The van der Waals surface area contributed by atoms with Gasteiger partial charge in [-0.1, -0.05) is 65.9 Å². The average molecular weight is 363 g/mol. The Morgan fingerprint density at radius 2 is 1.70 bits per heavy atom. The summed E-state index contributed by atoms with van der Waals surface area (Å²) in [5, 5.41) is 20.3. The Bertz CT molecular complexity index is 863. The fraction of sp³-hybridized carbons (Fsp3) is 0.286. The normalized spacial score (nSPS) is 13.3. The van der Waals surface area contributed by atoms with Gasteiger partial charge >= 0.3 is 0 Å². The van der Waals surface area contributed by atoms with E-state index in [1.54, 1.807) is 11.8 Å². The molecule has 0 aliphatic heterocycles. The van der Waals surface area contributed by atoms with E-state index in [-0.39, 0.29) is 0 Å². The van der Waals surface area contributed by atoms with Crippen LogP contribution in [0.4, 0.5) is 0 Å². The highest BCUT2D eigenvalue weighted by Gasteiger charge is 2.34. The van der Waals surface area contributed by atoms with E-state index < -0.39 is 5.60 Å². The first kappa shape index (κ1) is 18.9. The summed E-state index contributed by atoms with van der Waals surface area (Å²) in [6.07, 6.45) is 1.85. The monoisotopic (exact) mass is 363 g/mol. The molecule has 6 heteroatoms. The molecule has 0 spiro atoms. The molecule has 1 unspecified atom stereocenters. The number of nitrogens with zero attached hydrogens (tertiary/aromatic N) is 3. The molecule has 6 nitrogen and oxygen atoms in total. The summed E-state index contributed by atoms with van der Waals surface area (Å²) in [6.45, 7) is 3.60. The highest BCUT2D eigenvalue weighted by atomic mass is 16.5. The van der Waals surface area contributed by atoms with E-state index in [2.05, 4.69) is 27.8 Å². The van der Waals surface area contributed by atoms with Crippen molar-refractivity contribution in [2.45, 2.75) is 25.6 Å². The molecule has 0 amide bonds. The van der Waals surface area contributed by atoms with Gasteiger partial charge in [0.25, 0.3) is 0 Å². The van der Waals surface area contributed by atoms with E-state index in [9.17, 15) is 0 Å². The number of ether oxygens (including phenoxy) is 1. The molecule has 0 fully saturated rings. The van der Waals surface area contributed by atoms with E-state index in [0.29, 0.717) is 31.0 Å². The number of hydrogen-bond donors (Lipinski definition) is 2. The summed E-state index contributed by atoms with van der Waals surface area (Å²) in [5.41, 5.74) is 2.45. The first-order valence-corrected chi connectivity index (χ1v) is 8.94. The van der Waals surface area contributed by atoms with Crippen LogP contribution < -0.4 is 5.32 Å². The Morgan fingerprint density at radius 1 is 1.07 bits per heavy atom. The van der Waals surface area contributed by atoms with Crippen LogP contribution in [0.15, 0.2) is 66.9 Å². The summed E-state index contributed by atoms with van der Waals surface area (Å²) in [7, 11) is 1.60. The third-order valence-corrected chi connectivity index (χ3v) is 4.67. The van der Waals surface area contributed by atoms with Crippen molar-refractivity contribution in [2.24, 2.45) is 0 Å². The molecule has 0 saturated heterocycles. The topological polar surface area (TPSA) is 75.8 Å². The molecule has 1 atom stereocenters. The lowest BCUT2D eigenvalue weighted by molar-refractivity contribution is 0.0583. The van der Waals surface area contributed by atoms with Crippen LogP contribution in [0.1, 0.15) is 23.7 Å². The fourth-order valence-corrected chi connectivity index (χ4v) is 2.84. The second-order valence-electron chi connectivity index (χ2n) is 6.59. The third kappa shape index (κ3) is 4.67. The minimum Gasteiger partial charge on any atom is -0.366 e. The van der Waals surface area contributed by atoms with E-state index in [1.807, 2.05) is 61.7 Å². The van der Waals surface area contributed by atoms with Crippen LogP contribution in [-0.2, 0) is 23.4 Å². The molecule has 3 aromatic rings. The van der Waals surface area contributed by atoms with Gasteiger partial charge in [-0.15, -0.1) is 5.10 Å². The second-order valence-corrected chi connectivity index (χ2v) is 6.59. The highest BCUT2D eigenvalue weighted by Crippen LogP contribution is 2.24. The Morgan fingerprint density at radius 3 is 2.33 bits per heavy atom. The number of hydrogen-bond acceptors (Lipinski definition) is 5. The van der Waals surface area contributed by atoms with Gasteiger partial charge in [0.05, 0.1) is 18.5 Å². The lowest BCUT2D eigenvalue weighted by atomic mass is 9.96. The van der Waals surface area contributed by atoms with Crippen LogP contribution in [-0.4, -0.2) is 34.4 Å². The first-order chi connectivity index (χ1) is 13.1. The summed E-state index contributed by atoms with van der Waals surface area (Å²) in [6, 6.07) is 20.2. The molecule has 0 aliphatic carbocycles. The van der Waals surface area contributed by atoms with Gasteiger partial charge in [0.1, 0.15) is 11.3 Å². The van der Waals surface area contributed by atoms with Gasteiger partial charge in [-0.3, -0.25) is 0 Å². The molecule has 0 radical (unpaired) electrons. The molecule has 0 bridgehead atoms. The van der Waals surface area contributed by atoms with Gasteiger partial charge in [-0.25, -0.2) is 4.68 Å². The zero-order valence-corrected chi connectivity index (χ0v) is 15.7. The quantitative estimate of drug-likeness (QED) is 0.573. The maximum absolute atomic E-state index is 8.51.